The van der Waals surface area contributed by atoms with E-state index in [1.807, 2.05) is 11.8 Å². The lowest BCUT2D eigenvalue weighted by atomic mass is 9.87. The molecule has 1 atom stereocenters. The summed E-state index contributed by atoms with van der Waals surface area (Å²) in [6, 6.07) is 0. The average molecular weight is 330 g/mol. The predicted octanol–water partition coefficient (Wildman–Crippen LogP) is 1.99. The number of piperidine rings is 1. The number of hydrogen-bond acceptors (Lipinski definition) is 3. The maximum Gasteiger partial charge on any atom is 0.432 e. The Balaban J connectivity index is 1.55. The van der Waals surface area contributed by atoms with Crippen LogP contribution in [0.4, 0.5) is 13.2 Å². The zero-order valence-electron chi connectivity index (χ0n) is 13.0. The summed E-state index contributed by atoms with van der Waals surface area (Å²) >= 11 is 0. The van der Waals surface area contributed by atoms with Crippen LogP contribution in [0.15, 0.2) is 6.20 Å². The second-order valence-electron chi connectivity index (χ2n) is 6.49. The molecule has 0 aromatic carbocycles. The molecule has 0 spiro atoms. The predicted molar refractivity (Wildman–Crippen MR) is 77.7 cm³/mol. The average Bonchev–Trinajstić information content (AvgIpc) is 2.94. The van der Waals surface area contributed by atoms with E-state index in [9.17, 15) is 18.0 Å². The van der Waals surface area contributed by atoms with Gasteiger partial charge in [-0.25, -0.2) is 4.98 Å². The molecule has 2 fully saturated rings. The van der Waals surface area contributed by atoms with Crippen molar-refractivity contribution < 1.29 is 18.0 Å². The maximum absolute atomic E-state index is 12.6. The summed E-state index contributed by atoms with van der Waals surface area (Å²) in [5, 5.41) is 3.17. The highest BCUT2D eigenvalue weighted by Gasteiger charge is 2.36. The minimum Gasteiger partial charge on any atom is -0.342 e. The lowest BCUT2D eigenvalue weighted by Gasteiger charge is -2.37. The Hall–Kier alpha value is -1.57. The molecule has 1 aromatic rings. The van der Waals surface area contributed by atoms with E-state index < -0.39 is 11.9 Å². The van der Waals surface area contributed by atoms with Gasteiger partial charge in [0.1, 0.15) is 11.5 Å². The summed E-state index contributed by atoms with van der Waals surface area (Å²) in [5.74, 6) is 0.898. The van der Waals surface area contributed by atoms with E-state index in [1.54, 1.807) is 0 Å². The fraction of sp³-hybridized carbons (Fsp3) is 0.733. The molecule has 23 heavy (non-hydrogen) atoms. The molecule has 1 unspecified atom stereocenters. The van der Waals surface area contributed by atoms with Crippen molar-refractivity contribution in [2.24, 2.45) is 11.8 Å². The molecule has 2 aliphatic heterocycles. The van der Waals surface area contributed by atoms with E-state index in [1.165, 1.54) is 0 Å². The van der Waals surface area contributed by atoms with Crippen LogP contribution in [0, 0.1) is 11.8 Å². The van der Waals surface area contributed by atoms with Crippen molar-refractivity contribution in [3.05, 3.63) is 17.7 Å². The van der Waals surface area contributed by atoms with Crippen molar-refractivity contribution in [1.82, 2.24) is 20.2 Å². The molecule has 0 radical (unpaired) electrons. The zero-order valence-corrected chi connectivity index (χ0v) is 13.0. The zero-order chi connectivity index (χ0) is 16.6. The lowest BCUT2D eigenvalue weighted by Crippen LogP contribution is -2.51. The number of nitrogens with zero attached hydrogens (tertiary/aromatic N) is 2. The van der Waals surface area contributed by atoms with Gasteiger partial charge in [0.2, 0.25) is 5.91 Å². The number of hydrogen-bond donors (Lipinski definition) is 2. The molecule has 0 bridgehead atoms. The Kier molecular flexibility index (Phi) is 4.35. The normalized spacial score (nSPS) is 22.0. The van der Waals surface area contributed by atoms with Gasteiger partial charge in [0, 0.05) is 24.9 Å². The minimum absolute atomic E-state index is 0.00763. The molecule has 128 valence electrons. The summed E-state index contributed by atoms with van der Waals surface area (Å²) in [6.45, 7) is 4.89. The smallest absolute Gasteiger partial charge is 0.342 e. The van der Waals surface area contributed by atoms with Gasteiger partial charge in [0.15, 0.2) is 0 Å². The molecule has 3 heterocycles. The van der Waals surface area contributed by atoms with Crippen LogP contribution in [0.3, 0.4) is 0 Å². The topological polar surface area (TPSA) is 61.0 Å². The van der Waals surface area contributed by atoms with Gasteiger partial charge in [-0.2, -0.15) is 13.2 Å². The highest BCUT2D eigenvalue weighted by Crippen LogP contribution is 2.32. The number of H-pyrrole nitrogens is 1. The van der Waals surface area contributed by atoms with Gasteiger partial charge in [0.25, 0.3) is 0 Å². The highest BCUT2D eigenvalue weighted by atomic mass is 19.4. The van der Waals surface area contributed by atoms with Crippen LogP contribution >= 0.6 is 0 Å². The third-order valence-corrected chi connectivity index (χ3v) is 5.00. The molecule has 0 aliphatic carbocycles. The maximum atomic E-state index is 12.6. The standard InChI is InChI=1S/C15H21F3N4O/c1-9(11-6-19-7-11)14(23)22-4-2-10(3-5-22)13-20-8-12(21-13)15(16,17)18/h8-11,19H,2-7H2,1H3,(H,20,21). The van der Waals surface area contributed by atoms with Crippen molar-refractivity contribution >= 4 is 5.91 Å². The van der Waals surface area contributed by atoms with E-state index in [4.69, 9.17) is 0 Å². The van der Waals surface area contributed by atoms with Crippen molar-refractivity contribution in [2.75, 3.05) is 26.2 Å². The summed E-state index contributed by atoms with van der Waals surface area (Å²) in [7, 11) is 0. The molecule has 5 nitrogen and oxygen atoms in total. The van der Waals surface area contributed by atoms with Crippen molar-refractivity contribution in [3.63, 3.8) is 0 Å². The summed E-state index contributed by atoms with van der Waals surface area (Å²) in [6.07, 6.45) is -2.26. The molecular weight excluding hydrogens is 309 g/mol. The first-order valence-electron chi connectivity index (χ1n) is 7.98. The van der Waals surface area contributed by atoms with Crippen LogP contribution in [0.25, 0.3) is 0 Å². The van der Waals surface area contributed by atoms with Gasteiger partial charge in [-0.3, -0.25) is 4.79 Å². The SMILES string of the molecule is CC(C(=O)N1CCC(c2ncc(C(F)(F)F)[nH]2)CC1)C1CNC1. The Bertz CT molecular complexity index is 559. The molecule has 2 saturated heterocycles. The Morgan fingerprint density at radius 1 is 1.35 bits per heavy atom. The van der Waals surface area contributed by atoms with Gasteiger partial charge in [0.05, 0.1) is 6.20 Å². The minimum atomic E-state index is -4.39. The third-order valence-electron chi connectivity index (χ3n) is 5.00. The molecule has 2 N–H and O–H groups in total. The number of imidazole rings is 1. The van der Waals surface area contributed by atoms with Crippen molar-refractivity contribution in [3.8, 4) is 0 Å². The molecular formula is C15H21F3N4O. The van der Waals surface area contributed by atoms with Crippen LogP contribution in [-0.2, 0) is 11.0 Å². The number of nitrogens with one attached hydrogen (secondary N) is 2. The van der Waals surface area contributed by atoms with Gasteiger partial charge in [-0.15, -0.1) is 0 Å². The monoisotopic (exact) mass is 330 g/mol. The number of alkyl halides is 3. The van der Waals surface area contributed by atoms with Crippen molar-refractivity contribution in [2.45, 2.75) is 31.9 Å². The molecule has 2 aliphatic rings. The number of halogens is 3. The van der Waals surface area contributed by atoms with E-state index in [0.29, 0.717) is 37.7 Å². The molecule has 8 heteroatoms. The summed E-state index contributed by atoms with van der Waals surface area (Å²) in [5.41, 5.74) is -0.808. The van der Waals surface area contributed by atoms with E-state index in [-0.39, 0.29) is 17.7 Å². The Morgan fingerprint density at radius 3 is 2.48 bits per heavy atom. The van der Waals surface area contributed by atoms with Gasteiger partial charge >= 0.3 is 6.18 Å². The highest BCUT2D eigenvalue weighted by molar-refractivity contribution is 5.79. The number of aromatic amines is 1. The summed E-state index contributed by atoms with van der Waals surface area (Å²) < 4.78 is 37.8. The first-order valence-corrected chi connectivity index (χ1v) is 7.98. The third kappa shape index (κ3) is 3.36. The van der Waals surface area contributed by atoms with Crippen LogP contribution in [0.2, 0.25) is 0 Å². The Labute approximate surface area is 132 Å². The number of carbonyl (C=O) groups is 1. The van der Waals surface area contributed by atoms with E-state index in [0.717, 1.165) is 19.3 Å². The lowest BCUT2D eigenvalue weighted by molar-refractivity contribution is -0.141. The van der Waals surface area contributed by atoms with E-state index in [2.05, 4.69) is 15.3 Å². The molecule has 3 rings (SSSR count). The van der Waals surface area contributed by atoms with E-state index >= 15 is 0 Å². The second kappa shape index (κ2) is 6.14. The van der Waals surface area contributed by atoms with Crippen molar-refractivity contribution in [1.29, 1.82) is 0 Å². The first-order chi connectivity index (χ1) is 10.9. The number of amides is 1. The molecule has 0 saturated carbocycles. The van der Waals surface area contributed by atoms with Crippen LogP contribution in [0.5, 0.6) is 0 Å². The fourth-order valence-corrected chi connectivity index (χ4v) is 3.22. The quantitative estimate of drug-likeness (QED) is 0.891. The number of carbonyl (C=O) groups excluding carboxylic acids is 1. The fourth-order valence-electron chi connectivity index (χ4n) is 3.22. The largest absolute Gasteiger partial charge is 0.432 e. The second-order valence-corrected chi connectivity index (χ2v) is 6.49. The summed E-state index contributed by atoms with van der Waals surface area (Å²) in [4.78, 5) is 20.5. The van der Waals surface area contributed by atoms with Gasteiger partial charge in [-0.1, -0.05) is 6.92 Å². The molecule has 1 amide bonds. The Morgan fingerprint density at radius 2 is 2.00 bits per heavy atom. The number of aromatic nitrogens is 2. The van der Waals surface area contributed by atoms with Gasteiger partial charge in [-0.05, 0) is 31.8 Å². The van der Waals surface area contributed by atoms with Crippen LogP contribution in [0.1, 0.15) is 37.2 Å². The molecule has 1 aromatic heterocycles. The van der Waals surface area contributed by atoms with Gasteiger partial charge < -0.3 is 15.2 Å². The van der Waals surface area contributed by atoms with Crippen LogP contribution in [-0.4, -0.2) is 47.0 Å². The number of rotatable bonds is 3. The number of likely N-dealkylation sites (tertiary alicyclic amines) is 1. The first kappa shape index (κ1) is 16.3. The van der Waals surface area contributed by atoms with Crippen LogP contribution < -0.4 is 5.32 Å².